The molecule has 0 fully saturated rings. The lowest BCUT2D eigenvalue weighted by Crippen LogP contribution is -2.30. The predicted molar refractivity (Wildman–Crippen MR) is 409 cm³/mol. The molecular weight excluding hydrogens is 1310 g/mol. The van der Waals surface area contributed by atoms with E-state index in [0.717, 1.165) is 154 Å². The first-order valence-corrected chi connectivity index (χ1v) is 42.1. The Hall–Kier alpha value is -4.12. The lowest BCUT2D eigenvalue weighted by molar-refractivity contribution is -0.161. The first-order valence-electron chi connectivity index (χ1n) is 39.1. The van der Waals surface area contributed by atoms with E-state index in [-0.39, 0.29) is 25.9 Å². The van der Waals surface area contributed by atoms with Gasteiger partial charge >= 0.3 is 33.6 Å². The van der Waals surface area contributed by atoms with Crippen LogP contribution in [0.1, 0.15) is 316 Å². The molecule has 0 rings (SSSR count). The summed E-state index contributed by atoms with van der Waals surface area (Å²) in [6, 6.07) is 0. The number of aliphatic hydroxyl groups excluding tert-OH is 1. The number of carbonyl (C=O) groups is 4. The SMILES string of the molecule is CCCCC/C=C\C/C=C\C/C=C\C/C=C\CCCC(=O)OC[C@H](COP(=O)(O)OC[C@@H](O)COP(=O)(O)OC[C@@H](COCCCCCCC/C=C\CCCCCCC=O)OC(=O)CCC/C=C\C/C=C\C/C=C\C/C=C\CCCCC)OC(=O)CCCCCCCCCCCCCCC. The van der Waals surface area contributed by atoms with E-state index in [9.17, 15) is 43.2 Å². The fraction of sp³-hybridized carbons (Fsp3) is 0.728. The van der Waals surface area contributed by atoms with Gasteiger partial charge in [0.25, 0.3) is 0 Å². The monoisotopic (exact) mass is 1450 g/mol. The lowest BCUT2D eigenvalue weighted by atomic mass is 10.0. The topological polar surface area (TPSA) is 237 Å². The van der Waals surface area contributed by atoms with Crippen molar-refractivity contribution in [2.24, 2.45) is 0 Å². The molecule has 0 saturated heterocycles. The summed E-state index contributed by atoms with van der Waals surface area (Å²) in [7, 11) is -9.87. The van der Waals surface area contributed by atoms with Gasteiger partial charge in [0, 0.05) is 32.3 Å². The number of allylic oxidation sites excluding steroid dienone is 18. The summed E-state index contributed by atoms with van der Waals surface area (Å²) in [6.45, 7) is 3.46. The molecule has 100 heavy (non-hydrogen) atoms. The van der Waals surface area contributed by atoms with E-state index in [1.54, 1.807) is 0 Å². The molecule has 0 spiro atoms. The molecule has 0 aromatic rings. The van der Waals surface area contributed by atoms with Crippen molar-refractivity contribution in [1.29, 1.82) is 0 Å². The van der Waals surface area contributed by atoms with Crippen LogP contribution >= 0.6 is 15.6 Å². The fourth-order valence-corrected chi connectivity index (χ4v) is 11.8. The van der Waals surface area contributed by atoms with E-state index in [0.29, 0.717) is 45.1 Å². The molecule has 0 aliphatic carbocycles. The molecule has 0 amide bonds. The van der Waals surface area contributed by atoms with Crippen LogP contribution in [0.25, 0.3) is 0 Å². The van der Waals surface area contributed by atoms with Crippen molar-refractivity contribution in [3.8, 4) is 0 Å². The zero-order valence-electron chi connectivity index (χ0n) is 62.6. The van der Waals surface area contributed by atoms with Crippen LogP contribution in [0.4, 0.5) is 0 Å². The quantitative estimate of drug-likeness (QED) is 0.0128. The molecule has 0 aromatic carbocycles. The van der Waals surface area contributed by atoms with Crippen molar-refractivity contribution in [2.75, 3.05) is 46.2 Å². The van der Waals surface area contributed by atoms with Crippen molar-refractivity contribution >= 4 is 39.8 Å². The van der Waals surface area contributed by atoms with Gasteiger partial charge in [-0.2, -0.15) is 0 Å². The number of hydrogen-bond donors (Lipinski definition) is 3. The van der Waals surface area contributed by atoms with E-state index < -0.39 is 84.9 Å². The summed E-state index contributed by atoms with van der Waals surface area (Å²) in [4.78, 5) is 70.5. The Bertz CT molecular complexity index is 2290. The number of phosphoric acid groups is 2. The number of aliphatic hydroxyl groups is 1. The van der Waals surface area contributed by atoms with Crippen molar-refractivity contribution < 1.29 is 80.2 Å². The van der Waals surface area contributed by atoms with Crippen LogP contribution in [0.3, 0.4) is 0 Å². The van der Waals surface area contributed by atoms with Crippen molar-refractivity contribution in [3.05, 3.63) is 109 Å². The first kappa shape index (κ1) is 95.9. The Kier molecular flexibility index (Phi) is 71.5. The number of ether oxygens (including phenoxy) is 4. The van der Waals surface area contributed by atoms with Gasteiger partial charge in [0.15, 0.2) is 6.10 Å². The molecule has 0 saturated carbocycles. The van der Waals surface area contributed by atoms with Gasteiger partial charge in [-0.1, -0.05) is 265 Å². The lowest BCUT2D eigenvalue weighted by Gasteiger charge is -2.21. The van der Waals surface area contributed by atoms with Gasteiger partial charge in [0.1, 0.15) is 25.1 Å². The van der Waals surface area contributed by atoms with E-state index >= 15 is 0 Å². The number of aldehydes is 1. The Balaban J connectivity index is 5.37. The standard InChI is InChI=1S/C81H140O17P2/c1-4-7-10-13-16-19-22-25-27-29-31-36-40-45-50-55-60-65-79(84)92-73-78(98-81(86)67-62-57-52-46-41-35-24-21-18-15-12-9-6-3)75-96-100(89,90)94-71-76(83)70-93-99(87,88)95-74-77(72-91-69-64-59-54-49-44-39-34-33-38-43-48-53-58-63-68-82)97-80(85)66-61-56-51-47-42-37-32-30-28-26-23-20-17-14-11-8-5-2/h16-17,19-20,25-28,31-34,36-37,45,47,50-51,68,76-78,83H,4-15,18,21-24,29-30,35,38-44,46,48-49,52-67,69-75H2,1-3H3,(H,87,88)(H,89,90)/b19-16-,20-17-,27-25-,28-26-,34-33-,36-31-,37-32-,50-45-,51-47-/t76-,77+,78+/m0/s1. The van der Waals surface area contributed by atoms with Crippen molar-refractivity contribution in [1.82, 2.24) is 0 Å². The minimum Gasteiger partial charge on any atom is -0.462 e. The van der Waals surface area contributed by atoms with Crippen LogP contribution in [0, 0.1) is 0 Å². The van der Waals surface area contributed by atoms with Crippen LogP contribution in [-0.4, -0.2) is 104 Å². The maximum atomic E-state index is 13.1. The molecule has 0 heterocycles. The second-order valence-corrected chi connectivity index (χ2v) is 28.8. The minimum atomic E-state index is -4.96. The molecule has 0 aliphatic rings. The zero-order chi connectivity index (χ0) is 73.0. The maximum absolute atomic E-state index is 13.1. The molecule has 576 valence electrons. The molecule has 5 atom stereocenters. The average Bonchev–Trinajstić information content (AvgIpc) is 0.982. The third-order valence-corrected chi connectivity index (χ3v) is 18.1. The smallest absolute Gasteiger partial charge is 0.462 e. The summed E-state index contributed by atoms with van der Waals surface area (Å²) in [5.74, 6) is -1.66. The molecule has 0 radical (unpaired) electrons. The number of rotatable bonds is 75. The van der Waals surface area contributed by atoms with Gasteiger partial charge in [-0.25, -0.2) is 9.13 Å². The normalized spacial score (nSPS) is 14.5. The molecule has 0 bridgehead atoms. The molecule has 17 nitrogen and oxygen atoms in total. The predicted octanol–water partition coefficient (Wildman–Crippen LogP) is 22.2. The third-order valence-electron chi connectivity index (χ3n) is 16.2. The molecule has 3 N–H and O–H groups in total. The summed E-state index contributed by atoms with van der Waals surface area (Å²) in [5.41, 5.74) is 0. The number of unbranched alkanes of at least 4 members (excludes halogenated alkanes) is 30. The first-order chi connectivity index (χ1) is 48.8. The average molecular weight is 1450 g/mol. The summed E-state index contributed by atoms with van der Waals surface area (Å²) in [5, 5.41) is 10.6. The second kappa shape index (κ2) is 74.6. The number of hydrogen-bond acceptors (Lipinski definition) is 15. The van der Waals surface area contributed by atoms with Gasteiger partial charge in [-0.15, -0.1) is 0 Å². The van der Waals surface area contributed by atoms with Crippen LogP contribution in [0.15, 0.2) is 109 Å². The van der Waals surface area contributed by atoms with Crippen molar-refractivity contribution in [2.45, 2.75) is 334 Å². The third kappa shape index (κ3) is 73.6. The van der Waals surface area contributed by atoms with Crippen LogP contribution in [0.2, 0.25) is 0 Å². The second-order valence-electron chi connectivity index (χ2n) is 25.9. The van der Waals surface area contributed by atoms with E-state index in [1.165, 1.54) is 89.9 Å². The molecule has 0 aliphatic heterocycles. The van der Waals surface area contributed by atoms with Gasteiger partial charge in [-0.05, 0) is 135 Å². The van der Waals surface area contributed by atoms with Crippen LogP contribution < -0.4 is 0 Å². The highest BCUT2D eigenvalue weighted by molar-refractivity contribution is 7.47. The van der Waals surface area contributed by atoms with Gasteiger partial charge in [0.05, 0.1) is 33.0 Å². The molecule has 0 aromatic heterocycles. The molecule has 2 unspecified atom stereocenters. The summed E-state index contributed by atoms with van der Waals surface area (Å²) < 4.78 is 69.1. The van der Waals surface area contributed by atoms with Gasteiger partial charge in [0.2, 0.25) is 0 Å². The fourth-order valence-electron chi connectivity index (χ4n) is 10.2. The highest BCUT2D eigenvalue weighted by Crippen LogP contribution is 2.45. The summed E-state index contributed by atoms with van der Waals surface area (Å²) >= 11 is 0. The Morgan fingerprint density at radius 2 is 0.600 bits per heavy atom. The number of carbonyl (C=O) groups excluding carboxylic acids is 4. The largest absolute Gasteiger partial charge is 0.472 e. The Morgan fingerprint density at radius 1 is 0.320 bits per heavy atom. The Morgan fingerprint density at radius 3 is 1.00 bits per heavy atom. The van der Waals surface area contributed by atoms with Crippen LogP contribution in [-0.2, 0) is 65.4 Å². The highest BCUT2D eigenvalue weighted by atomic mass is 31.2. The van der Waals surface area contributed by atoms with E-state index in [2.05, 4.69) is 106 Å². The number of phosphoric ester groups is 2. The summed E-state index contributed by atoms with van der Waals surface area (Å²) in [6.07, 6.45) is 80.0. The van der Waals surface area contributed by atoms with Crippen LogP contribution in [0.5, 0.6) is 0 Å². The molecular formula is C81H140O17P2. The zero-order valence-corrected chi connectivity index (χ0v) is 64.4. The maximum Gasteiger partial charge on any atom is 0.472 e. The van der Waals surface area contributed by atoms with E-state index in [1.807, 2.05) is 24.3 Å². The minimum absolute atomic E-state index is 0.0935. The van der Waals surface area contributed by atoms with Gasteiger partial charge in [-0.3, -0.25) is 32.5 Å². The number of esters is 3. The van der Waals surface area contributed by atoms with E-state index in [4.69, 9.17) is 37.0 Å². The van der Waals surface area contributed by atoms with Gasteiger partial charge < -0.3 is 38.6 Å². The highest BCUT2D eigenvalue weighted by Gasteiger charge is 2.30. The molecule has 19 heteroatoms. The Labute approximate surface area is 607 Å². The van der Waals surface area contributed by atoms with Crippen molar-refractivity contribution in [3.63, 3.8) is 0 Å².